The van der Waals surface area contributed by atoms with Crippen LogP contribution in [-0.4, -0.2) is 14.1 Å². The molecule has 5 aromatic rings. The van der Waals surface area contributed by atoms with Gasteiger partial charge < -0.3 is 9.80 Å². The number of anilines is 2. The van der Waals surface area contributed by atoms with Gasteiger partial charge in [0.2, 0.25) is 0 Å². The zero-order valence-electron chi connectivity index (χ0n) is 24.3. The maximum atomic E-state index is 2.30. The molecule has 0 aliphatic heterocycles. The van der Waals surface area contributed by atoms with Gasteiger partial charge in [0, 0.05) is 38.6 Å². The van der Waals surface area contributed by atoms with Crippen molar-refractivity contribution in [1.82, 2.24) is 0 Å². The summed E-state index contributed by atoms with van der Waals surface area (Å²) in [6.07, 6.45) is 1.90. The second-order valence-corrected chi connectivity index (χ2v) is 11.2. The van der Waals surface area contributed by atoms with Crippen LogP contribution in [0.2, 0.25) is 0 Å². The third-order valence-corrected chi connectivity index (χ3v) is 7.67. The van der Waals surface area contributed by atoms with Crippen molar-refractivity contribution in [2.24, 2.45) is 0 Å². The largest absolute Gasteiger partial charge is 0.370 e. The summed E-state index contributed by atoms with van der Waals surface area (Å²) >= 11 is 0. The topological polar surface area (TPSA) is 6.48 Å². The minimum Gasteiger partial charge on any atom is -0.370 e. The molecule has 2 nitrogen and oxygen atoms in total. The Bertz CT molecular complexity index is 1360. The van der Waals surface area contributed by atoms with E-state index in [2.05, 4.69) is 159 Å². The number of rotatable bonds is 10. The Hall–Kier alpha value is -4.30. The lowest BCUT2D eigenvalue weighted by atomic mass is 10.00. The summed E-state index contributed by atoms with van der Waals surface area (Å²) in [5.74, 6) is 0. The number of benzene rings is 5. The first-order chi connectivity index (χ1) is 19.4. The molecule has 5 rings (SSSR count). The summed E-state index contributed by atoms with van der Waals surface area (Å²) in [5, 5.41) is 0. The molecule has 0 radical (unpaired) electrons. The molecule has 0 atom stereocenters. The highest BCUT2D eigenvalue weighted by Crippen LogP contribution is 2.21. The quantitative estimate of drug-likeness (QED) is 0.180. The van der Waals surface area contributed by atoms with Gasteiger partial charge in [-0.25, -0.2) is 0 Å². The number of aryl methyl sites for hydroxylation is 2. The van der Waals surface area contributed by atoms with Crippen LogP contribution in [0, 0.1) is 13.8 Å². The van der Waals surface area contributed by atoms with Crippen molar-refractivity contribution < 1.29 is 0 Å². The summed E-state index contributed by atoms with van der Waals surface area (Å²) in [7, 11) is 4.32. The molecule has 0 saturated carbocycles. The minimum atomic E-state index is 0.911. The predicted octanol–water partition coefficient (Wildman–Crippen LogP) is 8.76. The van der Waals surface area contributed by atoms with Gasteiger partial charge >= 0.3 is 0 Å². The van der Waals surface area contributed by atoms with Gasteiger partial charge in [0.1, 0.15) is 0 Å². The molecule has 0 N–H and O–H groups in total. The second kappa shape index (κ2) is 12.7. The Kier molecular flexibility index (Phi) is 8.66. The molecule has 0 heterocycles. The van der Waals surface area contributed by atoms with Gasteiger partial charge in [-0.2, -0.15) is 0 Å². The van der Waals surface area contributed by atoms with Gasteiger partial charge in [0.05, 0.1) is 0 Å². The molecule has 0 aliphatic rings. The van der Waals surface area contributed by atoms with Crippen LogP contribution in [0.15, 0.2) is 121 Å². The molecule has 0 aliphatic carbocycles. The van der Waals surface area contributed by atoms with Crippen LogP contribution in [0.25, 0.3) is 0 Å². The lowest BCUT2D eigenvalue weighted by Crippen LogP contribution is -2.16. The molecule has 5 aromatic carbocycles. The fourth-order valence-corrected chi connectivity index (χ4v) is 5.10. The van der Waals surface area contributed by atoms with Crippen molar-refractivity contribution in [3.05, 3.63) is 166 Å². The highest BCUT2D eigenvalue weighted by Gasteiger charge is 2.06. The number of hydrogen-bond acceptors (Lipinski definition) is 2. The third kappa shape index (κ3) is 7.42. The van der Waals surface area contributed by atoms with Crippen LogP contribution in [0.4, 0.5) is 11.4 Å². The predicted molar refractivity (Wildman–Crippen MR) is 172 cm³/mol. The van der Waals surface area contributed by atoms with Gasteiger partial charge in [-0.3, -0.25) is 0 Å². The van der Waals surface area contributed by atoms with E-state index in [-0.39, 0.29) is 0 Å². The molecular formula is C38H40N2. The molecule has 0 bridgehead atoms. The second-order valence-electron chi connectivity index (χ2n) is 11.2. The lowest BCUT2D eigenvalue weighted by Gasteiger charge is -2.20. The van der Waals surface area contributed by atoms with Crippen LogP contribution < -0.4 is 9.80 Å². The Labute approximate surface area is 240 Å². The Balaban J connectivity index is 1.13. The van der Waals surface area contributed by atoms with Crippen molar-refractivity contribution in [2.75, 3.05) is 23.9 Å². The lowest BCUT2D eigenvalue weighted by molar-refractivity contribution is 0.921. The molecular weight excluding hydrogens is 484 g/mol. The SMILES string of the molecule is Cc1ccc(CN(C)c2ccc(Cc3ccc(Cc4ccc(N(C)Cc5ccc(C)cc5)cc4)cc3)cc2)cc1. The molecule has 40 heavy (non-hydrogen) atoms. The zero-order chi connectivity index (χ0) is 27.9. The molecule has 0 saturated heterocycles. The average Bonchev–Trinajstić information content (AvgIpc) is 2.97. The monoisotopic (exact) mass is 524 g/mol. The summed E-state index contributed by atoms with van der Waals surface area (Å²) in [5.41, 5.74) is 13.1. The van der Waals surface area contributed by atoms with E-state index in [1.807, 2.05) is 0 Å². The minimum absolute atomic E-state index is 0.911. The first kappa shape index (κ1) is 27.3. The van der Waals surface area contributed by atoms with Crippen molar-refractivity contribution in [2.45, 2.75) is 39.8 Å². The van der Waals surface area contributed by atoms with Gasteiger partial charge in [-0.1, -0.05) is 108 Å². The van der Waals surface area contributed by atoms with Crippen molar-refractivity contribution >= 4 is 11.4 Å². The van der Waals surface area contributed by atoms with E-state index in [1.165, 1.54) is 55.9 Å². The Morgan fingerprint density at radius 2 is 0.600 bits per heavy atom. The van der Waals surface area contributed by atoms with Crippen LogP contribution in [-0.2, 0) is 25.9 Å². The zero-order valence-corrected chi connectivity index (χ0v) is 24.3. The van der Waals surface area contributed by atoms with Gasteiger partial charge in [-0.15, -0.1) is 0 Å². The molecule has 0 aromatic heterocycles. The van der Waals surface area contributed by atoms with E-state index in [0.29, 0.717) is 0 Å². The highest BCUT2D eigenvalue weighted by atomic mass is 15.1. The van der Waals surface area contributed by atoms with E-state index in [1.54, 1.807) is 0 Å². The van der Waals surface area contributed by atoms with Gasteiger partial charge in [0.25, 0.3) is 0 Å². The normalized spacial score (nSPS) is 10.9. The molecule has 2 heteroatoms. The summed E-state index contributed by atoms with van der Waals surface area (Å²) in [4.78, 5) is 4.61. The van der Waals surface area contributed by atoms with Crippen LogP contribution >= 0.6 is 0 Å². The molecule has 0 amide bonds. The van der Waals surface area contributed by atoms with Crippen molar-refractivity contribution in [3.8, 4) is 0 Å². The van der Waals surface area contributed by atoms with Crippen LogP contribution in [0.1, 0.15) is 44.5 Å². The standard InChI is InChI=1S/C38H40N2/c1-29-5-9-35(10-6-29)27-39(3)37-21-17-33(18-22-37)25-31-13-15-32(16-14-31)26-34-19-23-38(24-20-34)40(4)28-36-11-7-30(2)8-12-36/h5-24H,25-28H2,1-4H3. The van der Waals surface area contributed by atoms with E-state index in [4.69, 9.17) is 0 Å². The van der Waals surface area contributed by atoms with Gasteiger partial charge in [-0.05, 0) is 84.3 Å². The summed E-state index contributed by atoms with van der Waals surface area (Å²) < 4.78 is 0. The molecule has 0 unspecified atom stereocenters. The molecule has 0 fully saturated rings. The fourth-order valence-electron chi connectivity index (χ4n) is 5.10. The van der Waals surface area contributed by atoms with E-state index in [0.717, 1.165) is 25.9 Å². The smallest absolute Gasteiger partial charge is 0.0426 e. The Morgan fingerprint density at radius 1 is 0.350 bits per heavy atom. The van der Waals surface area contributed by atoms with E-state index < -0.39 is 0 Å². The van der Waals surface area contributed by atoms with E-state index in [9.17, 15) is 0 Å². The van der Waals surface area contributed by atoms with Crippen molar-refractivity contribution in [1.29, 1.82) is 0 Å². The number of hydrogen-bond donors (Lipinski definition) is 0. The van der Waals surface area contributed by atoms with E-state index >= 15 is 0 Å². The number of nitrogens with zero attached hydrogens (tertiary/aromatic N) is 2. The van der Waals surface area contributed by atoms with Crippen molar-refractivity contribution in [3.63, 3.8) is 0 Å². The first-order valence-corrected chi connectivity index (χ1v) is 14.2. The fraction of sp³-hybridized carbons (Fsp3) is 0.211. The Morgan fingerprint density at radius 3 is 0.900 bits per heavy atom. The van der Waals surface area contributed by atoms with Crippen LogP contribution in [0.5, 0.6) is 0 Å². The van der Waals surface area contributed by atoms with Gasteiger partial charge in [0.15, 0.2) is 0 Å². The molecule has 202 valence electrons. The van der Waals surface area contributed by atoms with Crippen LogP contribution in [0.3, 0.4) is 0 Å². The maximum Gasteiger partial charge on any atom is 0.0426 e. The average molecular weight is 525 g/mol. The third-order valence-electron chi connectivity index (χ3n) is 7.67. The maximum absolute atomic E-state index is 2.30. The first-order valence-electron chi connectivity index (χ1n) is 14.2. The summed E-state index contributed by atoms with van der Waals surface area (Å²) in [6.45, 7) is 6.08. The molecule has 0 spiro atoms. The summed E-state index contributed by atoms with van der Waals surface area (Å²) in [6, 6.07) is 44.6. The highest BCUT2D eigenvalue weighted by molar-refractivity contribution is 5.49.